The Hall–Kier alpha value is -4.51. The topological polar surface area (TPSA) is 101 Å². The number of carbonyl (C=O) groups excluding carboxylic acids is 1. The van der Waals surface area contributed by atoms with Crippen molar-refractivity contribution in [2.45, 2.75) is 52.1 Å². The minimum atomic E-state index is -1.00. The van der Waals surface area contributed by atoms with Crippen molar-refractivity contribution in [2.75, 3.05) is 24.6 Å². The summed E-state index contributed by atoms with van der Waals surface area (Å²) in [4.78, 5) is 39.6. The van der Waals surface area contributed by atoms with Gasteiger partial charge < -0.3 is 19.6 Å². The number of nitrogens with zero attached hydrogens (tertiary/aromatic N) is 5. The Bertz CT molecular complexity index is 1930. The number of carbonyl (C=O) groups is 1. The lowest BCUT2D eigenvalue weighted by atomic mass is 9.97. The SMILES string of the molecule is C=CC(=O)N1CC(C)N2c3nc(=O)n(-c4c(C)ccnc4C(C)C)c4c(Cl)c(-c5c(O)cccc5F)c(F)c(c34)OCCC2C1. The number of phenolic OH excluding ortho intramolecular Hbond substituents is 1. The fourth-order valence-electron chi connectivity index (χ4n) is 6.56. The molecule has 0 bridgehead atoms. The molecule has 1 saturated heterocycles. The summed E-state index contributed by atoms with van der Waals surface area (Å²) in [6.07, 6.45) is 3.25. The van der Waals surface area contributed by atoms with E-state index in [0.717, 1.165) is 6.07 Å². The summed E-state index contributed by atoms with van der Waals surface area (Å²) in [5, 5.41) is 10.5. The van der Waals surface area contributed by atoms with Crippen LogP contribution < -0.4 is 15.3 Å². The molecule has 1 amide bonds. The van der Waals surface area contributed by atoms with Gasteiger partial charge in [0.15, 0.2) is 11.6 Å². The van der Waals surface area contributed by atoms with Crippen molar-refractivity contribution >= 4 is 34.2 Å². The van der Waals surface area contributed by atoms with Crippen LogP contribution in [0.2, 0.25) is 5.02 Å². The molecule has 4 heterocycles. The molecule has 1 N–H and O–H groups in total. The van der Waals surface area contributed by atoms with E-state index in [4.69, 9.17) is 16.3 Å². The number of halogens is 3. The molecule has 2 atom stereocenters. The minimum absolute atomic E-state index is 0.0298. The Morgan fingerprint density at radius 2 is 1.98 bits per heavy atom. The van der Waals surface area contributed by atoms with Crippen molar-refractivity contribution < 1.29 is 23.4 Å². The summed E-state index contributed by atoms with van der Waals surface area (Å²) in [5.74, 6) is -2.94. The lowest BCUT2D eigenvalue weighted by Crippen LogP contribution is -2.60. The number of piperazine rings is 1. The Kier molecular flexibility index (Phi) is 7.76. The maximum Gasteiger partial charge on any atom is 0.354 e. The van der Waals surface area contributed by atoms with Gasteiger partial charge in [0.1, 0.15) is 17.4 Å². The highest BCUT2D eigenvalue weighted by Crippen LogP contribution is 2.50. The Morgan fingerprint density at radius 3 is 2.67 bits per heavy atom. The molecular formula is C33H32ClF2N5O4. The largest absolute Gasteiger partial charge is 0.507 e. The van der Waals surface area contributed by atoms with Crippen LogP contribution in [-0.2, 0) is 4.79 Å². The van der Waals surface area contributed by atoms with E-state index in [1.807, 2.05) is 32.6 Å². The van der Waals surface area contributed by atoms with Gasteiger partial charge in [0.05, 0.1) is 45.5 Å². The zero-order valence-electron chi connectivity index (χ0n) is 25.3. The number of ether oxygens (including phenoxy) is 1. The number of pyridine rings is 1. The molecule has 0 spiro atoms. The molecule has 45 heavy (non-hydrogen) atoms. The van der Waals surface area contributed by atoms with E-state index < -0.39 is 34.2 Å². The van der Waals surface area contributed by atoms with E-state index in [0.29, 0.717) is 36.5 Å². The highest BCUT2D eigenvalue weighted by molar-refractivity contribution is 6.39. The molecule has 4 aromatic rings. The van der Waals surface area contributed by atoms with Crippen molar-refractivity contribution in [3.05, 3.63) is 81.5 Å². The summed E-state index contributed by atoms with van der Waals surface area (Å²) < 4.78 is 39.5. The third-order valence-corrected chi connectivity index (χ3v) is 8.90. The van der Waals surface area contributed by atoms with Crippen molar-refractivity contribution in [2.24, 2.45) is 0 Å². The number of fused-ring (bicyclic) bond motifs is 2. The van der Waals surface area contributed by atoms with Gasteiger partial charge in [0, 0.05) is 37.3 Å². The Morgan fingerprint density at radius 1 is 1.22 bits per heavy atom. The fourth-order valence-corrected chi connectivity index (χ4v) is 6.92. The number of phenols is 1. The highest BCUT2D eigenvalue weighted by atomic mass is 35.5. The van der Waals surface area contributed by atoms with Gasteiger partial charge in [-0.05, 0) is 49.6 Å². The first-order valence-corrected chi connectivity index (χ1v) is 15.1. The molecule has 0 radical (unpaired) electrons. The van der Waals surface area contributed by atoms with Gasteiger partial charge in [0.2, 0.25) is 5.91 Å². The fraction of sp³-hybridized carbons (Fsp3) is 0.333. The molecule has 12 heteroatoms. The number of aromatic nitrogens is 3. The lowest BCUT2D eigenvalue weighted by molar-refractivity contribution is -0.127. The van der Waals surface area contributed by atoms with E-state index in [9.17, 15) is 14.7 Å². The molecule has 234 valence electrons. The van der Waals surface area contributed by atoms with Gasteiger partial charge in [-0.15, -0.1) is 0 Å². The summed E-state index contributed by atoms with van der Waals surface area (Å²) in [6, 6.07) is 4.67. The van der Waals surface area contributed by atoms with Crippen LogP contribution in [-0.4, -0.2) is 62.2 Å². The zero-order chi connectivity index (χ0) is 32.3. The highest BCUT2D eigenvalue weighted by Gasteiger charge is 2.40. The van der Waals surface area contributed by atoms with E-state index in [1.54, 1.807) is 17.2 Å². The maximum absolute atomic E-state index is 16.8. The molecule has 2 aliphatic rings. The van der Waals surface area contributed by atoms with Crippen molar-refractivity contribution in [1.29, 1.82) is 0 Å². The molecule has 0 aliphatic carbocycles. The van der Waals surface area contributed by atoms with Crippen LogP contribution >= 0.6 is 11.6 Å². The predicted molar refractivity (Wildman–Crippen MR) is 169 cm³/mol. The first-order valence-electron chi connectivity index (χ1n) is 14.7. The lowest BCUT2D eigenvalue weighted by Gasteiger charge is -2.47. The van der Waals surface area contributed by atoms with Gasteiger partial charge >= 0.3 is 5.69 Å². The number of benzene rings is 2. The second-order valence-electron chi connectivity index (χ2n) is 11.8. The van der Waals surface area contributed by atoms with Crippen LogP contribution in [0.3, 0.4) is 0 Å². The van der Waals surface area contributed by atoms with Crippen LogP contribution in [0.5, 0.6) is 11.5 Å². The molecule has 2 aromatic heterocycles. The van der Waals surface area contributed by atoms with Crippen LogP contribution in [0, 0.1) is 18.6 Å². The number of anilines is 1. The van der Waals surface area contributed by atoms with Gasteiger partial charge in [-0.2, -0.15) is 4.98 Å². The first kappa shape index (κ1) is 30.5. The zero-order valence-corrected chi connectivity index (χ0v) is 26.0. The minimum Gasteiger partial charge on any atom is -0.507 e. The van der Waals surface area contributed by atoms with Crippen molar-refractivity contribution in [3.63, 3.8) is 0 Å². The summed E-state index contributed by atoms with van der Waals surface area (Å²) >= 11 is 7.09. The average molecular weight is 636 g/mol. The smallest absolute Gasteiger partial charge is 0.354 e. The Labute approximate surface area is 263 Å². The van der Waals surface area contributed by atoms with Gasteiger partial charge in [-0.1, -0.05) is 38.1 Å². The summed E-state index contributed by atoms with van der Waals surface area (Å²) in [6.45, 7) is 11.8. The third-order valence-electron chi connectivity index (χ3n) is 8.53. The molecule has 9 nitrogen and oxygen atoms in total. The molecule has 2 unspecified atom stereocenters. The molecule has 0 saturated carbocycles. The van der Waals surface area contributed by atoms with Crippen LogP contribution in [0.1, 0.15) is 44.4 Å². The predicted octanol–water partition coefficient (Wildman–Crippen LogP) is 5.89. The van der Waals surface area contributed by atoms with E-state index in [-0.39, 0.29) is 58.0 Å². The van der Waals surface area contributed by atoms with E-state index in [1.165, 1.54) is 22.8 Å². The first-order chi connectivity index (χ1) is 21.5. The van der Waals surface area contributed by atoms with Crippen LogP contribution in [0.25, 0.3) is 27.7 Å². The molecular weight excluding hydrogens is 604 g/mol. The third kappa shape index (κ3) is 4.80. The summed E-state index contributed by atoms with van der Waals surface area (Å²) in [7, 11) is 0. The Balaban J connectivity index is 1.79. The number of hydrogen-bond donors (Lipinski definition) is 1. The van der Waals surface area contributed by atoms with E-state index >= 15 is 8.78 Å². The van der Waals surface area contributed by atoms with Crippen LogP contribution in [0.4, 0.5) is 14.6 Å². The second kappa shape index (κ2) is 11.4. The molecule has 6 rings (SSSR count). The molecule has 2 aromatic carbocycles. The molecule has 1 fully saturated rings. The van der Waals surface area contributed by atoms with Gasteiger partial charge in [-0.3, -0.25) is 14.3 Å². The standard InChI is InChI=1S/C33H32ClF2N5O4/c1-6-22(43)39-14-18(5)40-19(15-39)11-13-45-31-25-30(26(34)24(27(31)36)23-20(35)8-7-9-21(23)42)41(33(44)38-32(25)40)29-17(4)10-12-37-28(29)16(2)3/h6-10,12,16,18-19,42H,1,11,13-15H2,2-5H3. The number of aromatic hydroxyl groups is 1. The normalized spacial score (nSPS) is 18.0. The quantitative estimate of drug-likeness (QED) is 0.279. The van der Waals surface area contributed by atoms with Gasteiger partial charge in [-0.25, -0.2) is 13.6 Å². The summed E-state index contributed by atoms with van der Waals surface area (Å²) in [5.41, 5.74) is 0.0784. The second-order valence-corrected chi connectivity index (χ2v) is 12.1. The number of amides is 1. The molecule has 2 aliphatic heterocycles. The van der Waals surface area contributed by atoms with Crippen molar-refractivity contribution in [3.8, 4) is 28.3 Å². The monoisotopic (exact) mass is 635 g/mol. The number of rotatable bonds is 4. The number of hydrogen-bond acceptors (Lipinski definition) is 7. The maximum atomic E-state index is 16.8. The average Bonchev–Trinajstić information content (AvgIpc) is 2.98. The van der Waals surface area contributed by atoms with Crippen LogP contribution in [0.15, 0.2) is 47.9 Å². The number of aryl methyl sites for hydroxylation is 1. The van der Waals surface area contributed by atoms with E-state index in [2.05, 4.69) is 16.5 Å². The van der Waals surface area contributed by atoms with Gasteiger partial charge in [0.25, 0.3) is 0 Å². The van der Waals surface area contributed by atoms with Crippen molar-refractivity contribution in [1.82, 2.24) is 19.4 Å².